The van der Waals surface area contributed by atoms with E-state index in [1.165, 1.54) is 16.7 Å². The fraction of sp³-hybridized carbons (Fsp3) is 0.235. The lowest BCUT2D eigenvalue weighted by atomic mass is 10.1. The molecule has 0 bridgehead atoms. The molecule has 0 aliphatic heterocycles. The number of hydrogen-bond donors (Lipinski definition) is 2. The van der Waals surface area contributed by atoms with Crippen molar-refractivity contribution in [2.24, 2.45) is 0 Å². The summed E-state index contributed by atoms with van der Waals surface area (Å²) >= 11 is 3.36. The van der Waals surface area contributed by atoms with E-state index in [1.807, 2.05) is 12.1 Å². The Morgan fingerprint density at radius 3 is 3.00 bits per heavy atom. The highest BCUT2D eigenvalue weighted by atomic mass is 32.1. The molecule has 2 heterocycles. The molecule has 5 heteroatoms. The topological polar surface area (TPSA) is 45.1 Å². The van der Waals surface area contributed by atoms with Crippen LogP contribution < -0.4 is 5.32 Å². The molecule has 1 aliphatic carbocycles. The summed E-state index contributed by atoms with van der Waals surface area (Å²) in [4.78, 5) is 4.68. The maximum atomic E-state index is 10.3. The average molecular weight is 328 g/mol. The first-order valence-electron chi connectivity index (χ1n) is 7.27. The van der Waals surface area contributed by atoms with Gasteiger partial charge in [-0.2, -0.15) is 11.3 Å². The zero-order chi connectivity index (χ0) is 14.9. The fourth-order valence-corrected chi connectivity index (χ4v) is 4.47. The van der Waals surface area contributed by atoms with Gasteiger partial charge in [-0.25, -0.2) is 4.98 Å². The van der Waals surface area contributed by atoms with E-state index < -0.39 is 0 Å². The van der Waals surface area contributed by atoms with E-state index >= 15 is 0 Å². The lowest BCUT2D eigenvalue weighted by molar-refractivity contribution is 0.140. The van der Waals surface area contributed by atoms with Crippen molar-refractivity contribution < 1.29 is 5.11 Å². The van der Waals surface area contributed by atoms with Gasteiger partial charge in [-0.1, -0.05) is 24.3 Å². The summed E-state index contributed by atoms with van der Waals surface area (Å²) in [6.07, 6.45) is 0.373. The predicted molar refractivity (Wildman–Crippen MR) is 91.2 cm³/mol. The molecule has 22 heavy (non-hydrogen) atoms. The van der Waals surface area contributed by atoms with Crippen LogP contribution in [0.4, 0.5) is 0 Å². The van der Waals surface area contributed by atoms with Crippen molar-refractivity contribution in [2.45, 2.75) is 25.1 Å². The van der Waals surface area contributed by atoms with Gasteiger partial charge >= 0.3 is 0 Å². The van der Waals surface area contributed by atoms with Crippen molar-refractivity contribution in [1.29, 1.82) is 0 Å². The van der Waals surface area contributed by atoms with Crippen LogP contribution in [-0.4, -0.2) is 16.2 Å². The van der Waals surface area contributed by atoms with Gasteiger partial charge in [-0.3, -0.25) is 0 Å². The van der Waals surface area contributed by atoms with E-state index in [2.05, 4.69) is 44.6 Å². The highest BCUT2D eigenvalue weighted by molar-refractivity contribution is 7.14. The van der Waals surface area contributed by atoms with E-state index in [-0.39, 0.29) is 12.1 Å². The molecule has 0 fully saturated rings. The van der Waals surface area contributed by atoms with E-state index in [4.69, 9.17) is 0 Å². The number of thiophene rings is 1. The van der Waals surface area contributed by atoms with Crippen molar-refractivity contribution in [3.63, 3.8) is 0 Å². The Morgan fingerprint density at radius 2 is 2.14 bits per heavy atom. The Morgan fingerprint density at radius 1 is 1.23 bits per heavy atom. The normalized spacial score (nSPS) is 20.2. The van der Waals surface area contributed by atoms with Crippen LogP contribution in [0.3, 0.4) is 0 Å². The van der Waals surface area contributed by atoms with E-state index in [0.717, 1.165) is 17.1 Å². The fourth-order valence-electron chi connectivity index (χ4n) is 2.94. The van der Waals surface area contributed by atoms with Crippen LogP contribution in [0.25, 0.3) is 10.6 Å². The minimum atomic E-state index is -0.354. The van der Waals surface area contributed by atoms with Crippen LogP contribution in [0.2, 0.25) is 0 Å². The van der Waals surface area contributed by atoms with Crippen molar-refractivity contribution in [1.82, 2.24) is 10.3 Å². The maximum absolute atomic E-state index is 10.3. The Balaban J connectivity index is 1.47. The molecule has 1 aromatic carbocycles. The van der Waals surface area contributed by atoms with Gasteiger partial charge < -0.3 is 10.4 Å². The summed E-state index contributed by atoms with van der Waals surface area (Å²) in [6, 6.07) is 10.4. The third kappa shape index (κ3) is 2.61. The lowest BCUT2D eigenvalue weighted by Gasteiger charge is -2.17. The van der Waals surface area contributed by atoms with Crippen LogP contribution in [0.1, 0.15) is 22.9 Å². The SMILES string of the molecule is O[C@H]1Cc2ccccc2[C@H]1NCc1csc(-c2ccsc2)n1. The third-order valence-electron chi connectivity index (χ3n) is 4.03. The van der Waals surface area contributed by atoms with Gasteiger partial charge in [0.2, 0.25) is 0 Å². The zero-order valence-corrected chi connectivity index (χ0v) is 13.5. The molecule has 2 atom stereocenters. The number of nitrogens with zero attached hydrogens (tertiary/aromatic N) is 1. The monoisotopic (exact) mass is 328 g/mol. The van der Waals surface area contributed by atoms with Gasteiger partial charge in [0.25, 0.3) is 0 Å². The Bertz CT molecular complexity index is 767. The number of hydrogen-bond acceptors (Lipinski definition) is 5. The highest BCUT2D eigenvalue weighted by Crippen LogP contribution is 2.32. The molecular formula is C17H16N2OS2. The van der Waals surface area contributed by atoms with Gasteiger partial charge in [-0.15, -0.1) is 11.3 Å². The van der Waals surface area contributed by atoms with Gasteiger partial charge in [0, 0.05) is 29.3 Å². The Labute approximate surface area is 137 Å². The van der Waals surface area contributed by atoms with Crippen LogP contribution in [-0.2, 0) is 13.0 Å². The molecule has 0 amide bonds. The minimum Gasteiger partial charge on any atom is -0.391 e. The van der Waals surface area contributed by atoms with E-state index in [1.54, 1.807) is 22.7 Å². The molecule has 4 rings (SSSR count). The standard InChI is InChI=1S/C17H16N2OS2/c20-15-7-11-3-1-2-4-14(11)16(15)18-8-13-10-22-17(19-13)12-5-6-21-9-12/h1-6,9-10,15-16,18,20H,7-8H2/t15-,16+/m0/s1. The minimum absolute atomic E-state index is 0.00231. The quantitative estimate of drug-likeness (QED) is 0.769. The summed E-state index contributed by atoms with van der Waals surface area (Å²) in [7, 11) is 0. The summed E-state index contributed by atoms with van der Waals surface area (Å²) in [5, 5.41) is 21.1. The number of nitrogens with one attached hydrogen (secondary N) is 1. The van der Waals surface area contributed by atoms with Gasteiger partial charge in [-0.05, 0) is 22.6 Å². The second kappa shape index (κ2) is 5.93. The van der Waals surface area contributed by atoms with Crippen LogP contribution in [0, 0.1) is 0 Å². The molecular weight excluding hydrogens is 312 g/mol. The molecule has 2 N–H and O–H groups in total. The number of fused-ring (bicyclic) bond motifs is 1. The molecule has 112 valence electrons. The summed E-state index contributed by atoms with van der Waals surface area (Å²) < 4.78 is 0. The molecule has 3 aromatic rings. The number of thiazole rings is 1. The number of aromatic nitrogens is 1. The van der Waals surface area contributed by atoms with Gasteiger partial charge in [0.1, 0.15) is 5.01 Å². The van der Waals surface area contributed by atoms with Crippen LogP contribution >= 0.6 is 22.7 Å². The van der Waals surface area contributed by atoms with Crippen LogP contribution in [0.15, 0.2) is 46.5 Å². The number of rotatable bonds is 4. The molecule has 0 radical (unpaired) electrons. The third-order valence-corrected chi connectivity index (χ3v) is 5.65. The second-order valence-corrected chi connectivity index (χ2v) is 7.12. The maximum Gasteiger partial charge on any atom is 0.124 e. The van der Waals surface area contributed by atoms with Crippen molar-refractivity contribution in [2.75, 3.05) is 0 Å². The Hall–Kier alpha value is -1.53. The van der Waals surface area contributed by atoms with Crippen molar-refractivity contribution in [3.8, 4) is 10.6 Å². The number of aliphatic hydroxyl groups is 1. The molecule has 0 saturated carbocycles. The predicted octanol–water partition coefficient (Wildman–Crippen LogP) is 3.62. The number of benzene rings is 1. The second-order valence-electron chi connectivity index (χ2n) is 5.48. The zero-order valence-electron chi connectivity index (χ0n) is 11.9. The summed E-state index contributed by atoms with van der Waals surface area (Å²) in [5.41, 5.74) is 4.67. The average Bonchev–Trinajstić information content (AvgIpc) is 3.24. The van der Waals surface area contributed by atoms with E-state index in [0.29, 0.717) is 6.54 Å². The lowest BCUT2D eigenvalue weighted by Crippen LogP contribution is -2.28. The number of aliphatic hydroxyl groups excluding tert-OH is 1. The molecule has 2 aromatic heterocycles. The van der Waals surface area contributed by atoms with Crippen molar-refractivity contribution >= 4 is 22.7 Å². The largest absolute Gasteiger partial charge is 0.391 e. The van der Waals surface area contributed by atoms with Crippen molar-refractivity contribution in [3.05, 3.63) is 63.3 Å². The van der Waals surface area contributed by atoms with Crippen LogP contribution in [0.5, 0.6) is 0 Å². The molecule has 1 aliphatic rings. The first-order valence-corrected chi connectivity index (χ1v) is 9.10. The first kappa shape index (κ1) is 14.1. The summed E-state index contributed by atoms with van der Waals surface area (Å²) in [5.74, 6) is 0. The highest BCUT2D eigenvalue weighted by Gasteiger charge is 2.30. The molecule has 0 unspecified atom stereocenters. The molecule has 0 spiro atoms. The van der Waals surface area contributed by atoms with E-state index in [9.17, 15) is 5.11 Å². The smallest absolute Gasteiger partial charge is 0.124 e. The summed E-state index contributed by atoms with van der Waals surface area (Å²) in [6.45, 7) is 0.677. The van der Waals surface area contributed by atoms with Gasteiger partial charge in [0.15, 0.2) is 0 Å². The van der Waals surface area contributed by atoms with Gasteiger partial charge in [0.05, 0.1) is 17.8 Å². The Kier molecular flexibility index (Phi) is 3.80. The molecule has 3 nitrogen and oxygen atoms in total. The molecule has 0 saturated heterocycles. The first-order chi connectivity index (χ1) is 10.8.